The van der Waals surface area contributed by atoms with Crippen LogP contribution >= 0.6 is 0 Å². The van der Waals surface area contributed by atoms with E-state index < -0.39 is 0 Å². The van der Waals surface area contributed by atoms with Gasteiger partial charge in [-0.3, -0.25) is 0 Å². The van der Waals surface area contributed by atoms with Gasteiger partial charge in [0.05, 0.1) is 0 Å². The van der Waals surface area contributed by atoms with Crippen molar-refractivity contribution in [2.24, 2.45) is 0 Å². The van der Waals surface area contributed by atoms with E-state index in [4.69, 9.17) is 0 Å². The predicted octanol–water partition coefficient (Wildman–Crippen LogP) is 10.2. The van der Waals surface area contributed by atoms with Crippen LogP contribution in [0, 0.1) is 27.7 Å². The third kappa shape index (κ3) is 4.09. The number of aryl methyl sites for hydroxylation is 4. The molecule has 0 saturated carbocycles. The molecular formula is C34H40. The summed E-state index contributed by atoms with van der Waals surface area (Å²) in [7, 11) is 0. The second-order valence-electron chi connectivity index (χ2n) is 11.1. The van der Waals surface area contributed by atoms with Crippen molar-refractivity contribution in [2.45, 2.75) is 81.1 Å². The lowest BCUT2D eigenvalue weighted by molar-refractivity contribution is 0.868. The molecule has 0 N–H and O–H groups in total. The minimum atomic E-state index is 0.509. The van der Waals surface area contributed by atoms with Gasteiger partial charge in [-0.2, -0.15) is 0 Å². The highest BCUT2D eigenvalue weighted by molar-refractivity contribution is 6.00. The molecule has 0 atom stereocenters. The van der Waals surface area contributed by atoms with Crippen molar-refractivity contribution < 1.29 is 0 Å². The lowest BCUT2D eigenvalue weighted by Gasteiger charge is -2.15. The summed E-state index contributed by atoms with van der Waals surface area (Å²) in [6.45, 7) is 22.8. The molecule has 0 fully saturated rings. The third-order valence-electron chi connectivity index (χ3n) is 7.48. The highest BCUT2D eigenvalue weighted by Crippen LogP contribution is 2.47. The van der Waals surface area contributed by atoms with Gasteiger partial charge in [-0.25, -0.2) is 0 Å². The van der Waals surface area contributed by atoms with Gasteiger partial charge in [0.1, 0.15) is 0 Å². The first-order valence-corrected chi connectivity index (χ1v) is 12.8. The average Bonchev–Trinajstić information content (AvgIpc) is 3.06. The molecular weight excluding hydrogens is 408 g/mol. The zero-order chi connectivity index (χ0) is 24.9. The van der Waals surface area contributed by atoms with E-state index in [1.807, 2.05) is 0 Å². The van der Waals surface area contributed by atoms with Crippen molar-refractivity contribution in [2.75, 3.05) is 0 Å². The maximum Gasteiger partial charge on any atom is -0.00730 e. The molecule has 4 aliphatic rings. The van der Waals surface area contributed by atoms with Gasteiger partial charge in [-0.15, -0.1) is 0 Å². The Balaban J connectivity index is 2.03. The lowest BCUT2D eigenvalue weighted by atomic mass is 9.89. The summed E-state index contributed by atoms with van der Waals surface area (Å²) in [6.07, 6.45) is 0. The van der Waals surface area contributed by atoms with E-state index in [9.17, 15) is 0 Å². The first-order valence-electron chi connectivity index (χ1n) is 12.8. The summed E-state index contributed by atoms with van der Waals surface area (Å²) in [5.41, 5.74) is 19.3. The van der Waals surface area contributed by atoms with Crippen LogP contribution in [0.4, 0.5) is 0 Å². The van der Waals surface area contributed by atoms with Crippen molar-refractivity contribution in [3.05, 3.63) is 98.6 Å². The molecule has 0 radical (unpaired) electrons. The molecule has 176 valence electrons. The fourth-order valence-electron chi connectivity index (χ4n) is 5.47. The van der Waals surface area contributed by atoms with E-state index in [0.717, 1.165) is 0 Å². The van der Waals surface area contributed by atoms with Crippen LogP contribution in [0.1, 0.15) is 97.9 Å². The Labute approximate surface area is 207 Å². The summed E-state index contributed by atoms with van der Waals surface area (Å²) in [5.74, 6) is 1.02. The summed E-state index contributed by atoms with van der Waals surface area (Å²) in [4.78, 5) is 0. The molecule has 0 aromatic heterocycles. The molecule has 0 spiro atoms. The van der Waals surface area contributed by atoms with Gasteiger partial charge in [0.15, 0.2) is 0 Å². The molecule has 0 bridgehead atoms. The highest BCUT2D eigenvalue weighted by Gasteiger charge is 2.25. The molecule has 0 heterocycles. The van der Waals surface area contributed by atoms with Crippen LogP contribution in [0.5, 0.6) is 0 Å². The number of hydrogen-bond acceptors (Lipinski definition) is 0. The SMILES string of the molecule is CC(C)=C(c1cc(C)c2cc(C(C)C)ccc(C)c1-2)c1cc(C)c2cc(C(C)C)ccc(C)c1-2. The molecule has 4 aliphatic carbocycles. The Bertz CT molecular complexity index is 1240. The van der Waals surface area contributed by atoms with E-state index in [1.54, 1.807) is 0 Å². The first-order chi connectivity index (χ1) is 16.0. The molecule has 0 nitrogen and oxygen atoms in total. The number of hydrogen-bond donors (Lipinski definition) is 0. The number of fused-ring (bicyclic) bond motifs is 2. The molecule has 0 amide bonds. The van der Waals surface area contributed by atoms with Crippen LogP contribution in [0.25, 0.3) is 27.8 Å². The number of allylic oxidation sites excluding steroid dienone is 1. The fourth-order valence-corrected chi connectivity index (χ4v) is 5.47. The van der Waals surface area contributed by atoms with Gasteiger partial charge in [-0.05, 0) is 126 Å². The van der Waals surface area contributed by atoms with E-state index in [0.29, 0.717) is 11.8 Å². The van der Waals surface area contributed by atoms with Crippen LogP contribution in [-0.4, -0.2) is 0 Å². The fraction of sp³-hybridized carbons (Fsp3) is 0.353. The normalized spacial score (nSPS) is 11.8. The third-order valence-corrected chi connectivity index (χ3v) is 7.48. The van der Waals surface area contributed by atoms with Gasteiger partial charge in [0.25, 0.3) is 0 Å². The summed E-state index contributed by atoms with van der Waals surface area (Å²) in [5, 5.41) is 0. The second kappa shape index (κ2) is 9.06. The zero-order valence-corrected chi connectivity index (χ0v) is 22.8. The standard InChI is InChI=1S/C34H40/c1-19(2)26-13-11-22(7)33-28(17-26)24(9)15-30(33)32(21(5)6)31-16-25(10)29-18-27(20(3)4)14-12-23(8)34(29)31/h11-20H,1-10H3. The van der Waals surface area contributed by atoms with E-state index in [1.165, 1.54) is 77.9 Å². The Hall–Kier alpha value is -2.86. The van der Waals surface area contributed by atoms with E-state index in [2.05, 4.69) is 118 Å². The van der Waals surface area contributed by atoms with Gasteiger partial charge in [0.2, 0.25) is 0 Å². The van der Waals surface area contributed by atoms with Crippen molar-refractivity contribution >= 4 is 5.57 Å². The lowest BCUT2D eigenvalue weighted by Crippen LogP contribution is -1.93. The van der Waals surface area contributed by atoms with Gasteiger partial charge in [-0.1, -0.05) is 81.8 Å². The quantitative estimate of drug-likeness (QED) is 0.291. The predicted molar refractivity (Wildman–Crippen MR) is 151 cm³/mol. The van der Waals surface area contributed by atoms with Crippen molar-refractivity contribution in [3.8, 4) is 22.3 Å². The zero-order valence-electron chi connectivity index (χ0n) is 22.8. The Morgan fingerprint density at radius 3 is 1.24 bits per heavy atom. The Morgan fingerprint density at radius 1 is 0.529 bits per heavy atom. The van der Waals surface area contributed by atoms with Crippen molar-refractivity contribution in [3.63, 3.8) is 0 Å². The smallest absolute Gasteiger partial charge is 0.00730 e. The van der Waals surface area contributed by atoms with Crippen molar-refractivity contribution in [1.29, 1.82) is 0 Å². The van der Waals surface area contributed by atoms with Gasteiger partial charge < -0.3 is 0 Å². The van der Waals surface area contributed by atoms with Crippen LogP contribution in [0.2, 0.25) is 0 Å². The highest BCUT2D eigenvalue weighted by atomic mass is 14.3. The van der Waals surface area contributed by atoms with E-state index >= 15 is 0 Å². The molecule has 0 aromatic rings. The topological polar surface area (TPSA) is 0 Å². The van der Waals surface area contributed by atoms with Crippen molar-refractivity contribution in [1.82, 2.24) is 0 Å². The Kier molecular flexibility index (Phi) is 6.47. The van der Waals surface area contributed by atoms with Crippen LogP contribution in [0.3, 0.4) is 0 Å². The number of rotatable bonds is 4. The van der Waals surface area contributed by atoms with Crippen LogP contribution in [-0.2, 0) is 0 Å². The minimum Gasteiger partial charge on any atom is -0.0679 e. The van der Waals surface area contributed by atoms with Gasteiger partial charge >= 0.3 is 0 Å². The second-order valence-corrected chi connectivity index (χ2v) is 11.1. The maximum atomic E-state index is 2.43. The van der Waals surface area contributed by atoms with Gasteiger partial charge in [0, 0.05) is 0 Å². The minimum absolute atomic E-state index is 0.509. The van der Waals surface area contributed by atoms with Crippen LogP contribution in [0.15, 0.2) is 54.1 Å². The van der Waals surface area contributed by atoms with E-state index in [-0.39, 0.29) is 0 Å². The molecule has 0 aromatic carbocycles. The first kappa shape index (κ1) is 24.3. The molecule has 0 saturated heterocycles. The Morgan fingerprint density at radius 2 is 0.912 bits per heavy atom. The average molecular weight is 449 g/mol. The monoisotopic (exact) mass is 448 g/mol. The largest absolute Gasteiger partial charge is 0.0679 e. The summed E-state index contributed by atoms with van der Waals surface area (Å²) in [6, 6.07) is 18.9. The summed E-state index contributed by atoms with van der Waals surface area (Å²) >= 11 is 0. The molecule has 0 heteroatoms. The summed E-state index contributed by atoms with van der Waals surface area (Å²) < 4.78 is 0. The van der Waals surface area contributed by atoms with Crippen LogP contribution < -0.4 is 0 Å². The molecule has 4 rings (SSSR count). The molecule has 0 aliphatic heterocycles. The maximum absolute atomic E-state index is 2.43. The molecule has 34 heavy (non-hydrogen) atoms. The molecule has 0 unspecified atom stereocenters.